The molecule has 0 saturated heterocycles. The fraction of sp³-hybridized carbons (Fsp3) is 0.0667. The summed E-state index contributed by atoms with van der Waals surface area (Å²) in [7, 11) is 1.33. The summed E-state index contributed by atoms with van der Waals surface area (Å²) in [5, 5.41) is 0. The van der Waals surface area contributed by atoms with E-state index >= 15 is 0 Å². The van der Waals surface area contributed by atoms with Crippen molar-refractivity contribution >= 4 is 32.9 Å². The van der Waals surface area contributed by atoms with Crippen LogP contribution in [-0.4, -0.2) is 23.0 Å². The summed E-state index contributed by atoms with van der Waals surface area (Å²) < 4.78 is 18.4. The van der Waals surface area contributed by atoms with Gasteiger partial charge >= 0.3 is 5.97 Å². The van der Waals surface area contributed by atoms with Crippen LogP contribution >= 0.6 is 15.9 Å². The maximum atomic E-state index is 13.0. The molecule has 0 amide bonds. The highest BCUT2D eigenvalue weighted by Gasteiger charge is 2.13. The molecule has 106 valence electrons. The molecule has 0 radical (unpaired) electrons. The molecule has 3 rings (SSSR count). The molecule has 6 heteroatoms. The van der Waals surface area contributed by atoms with Crippen molar-refractivity contribution in [2.45, 2.75) is 0 Å². The minimum Gasteiger partial charge on any atom is -0.465 e. The van der Waals surface area contributed by atoms with Gasteiger partial charge in [-0.25, -0.2) is 14.2 Å². The molecular formula is C15H10BrFN2O2. The summed E-state index contributed by atoms with van der Waals surface area (Å²) in [4.78, 5) is 19.2. The number of nitrogens with one attached hydrogen (secondary N) is 1. The number of aromatic amines is 1. The number of fused-ring (bicyclic) bond motifs is 1. The zero-order chi connectivity index (χ0) is 15.0. The van der Waals surface area contributed by atoms with Crippen molar-refractivity contribution in [3.63, 3.8) is 0 Å². The van der Waals surface area contributed by atoms with Crippen molar-refractivity contribution in [1.82, 2.24) is 9.97 Å². The van der Waals surface area contributed by atoms with Crippen LogP contribution in [0.1, 0.15) is 10.4 Å². The number of ether oxygens (including phenoxy) is 1. The lowest BCUT2D eigenvalue weighted by atomic mass is 10.2. The number of hydrogen-bond donors (Lipinski definition) is 1. The van der Waals surface area contributed by atoms with E-state index in [2.05, 4.69) is 25.9 Å². The first kappa shape index (κ1) is 13.8. The Morgan fingerprint density at radius 3 is 2.67 bits per heavy atom. The molecule has 0 unspecified atom stereocenters. The van der Waals surface area contributed by atoms with E-state index in [1.165, 1.54) is 19.2 Å². The number of carbonyl (C=O) groups excluding carboxylic acids is 1. The molecule has 0 saturated carbocycles. The van der Waals surface area contributed by atoms with Crippen LogP contribution in [0.2, 0.25) is 0 Å². The third-order valence-electron chi connectivity index (χ3n) is 3.08. The lowest BCUT2D eigenvalue weighted by molar-refractivity contribution is 0.0601. The number of hydrogen-bond acceptors (Lipinski definition) is 3. The van der Waals surface area contributed by atoms with Gasteiger partial charge in [0.2, 0.25) is 0 Å². The second kappa shape index (κ2) is 5.29. The molecule has 0 aliphatic rings. The zero-order valence-corrected chi connectivity index (χ0v) is 12.6. The van der Waals surface area contributed by atoms with Gasteiger partial charge in [-0.1, -0.05) is 0 Å². The van der Waals surface area contributed by atoms with Crippen molar-refractivity contribution in [1.29, 1.82) is 0 Å². The van der Waals surface area contributed by atoms with Gasteiger partial charge in [0.05, 0.1) is 18.2 Å². The van der Waals surface area contributed by atoms with Crippen molar-refractivity contribution in [2.24, 2.45) is 0 Å². The molecule has 1 heterocycles. The summed E-state index contributed by atoms with van der Waals surface area (Å²) in [6, 6.07) is 9.36. The fourth-order valence-electron chi connectivity index (χ4n) is 2.06. The van der Waals surface area contributed by atoms with Crippen LogP contribution in [0, 0.1) is 5.82 Å². The lowest BCUT2D eigenvalue weighted by Crippen LogP contribution is -2.00. The first-order valence-electron chi connectivity index (χ1n) is 6.12. The molecule has 0 atom stereocenters. The quantitative estimate of drug-likeness (QED) is 0.714. The average molecular weight is 349 g/mol. The predicted molar refractivity (Wildman–Crippen MR) is 80.5 cm³/mol. The smallest absolute Gasteiger partial charge is 0.337 e. The highest BCUT2D eigenvalue weighted by Crippen LogP contribution is 2.28. The first-order chi connectivity index (χ1) is 10.1. The molecular weight excluding hydrogens is 339 g/mol. The second-order valence-electron chi connectivity index (χ2n) is 4.44. The van der Waals surface area contributed by atoms with Crippen LogP contribution in [0.5, 0.6) is 0 Å². The second-order valence-corrected chi connectivity index (χ2v) is 5.29. The number of imidazole rings is 1. The molecule has 1 N–H and O–H groups in total. The van der Waals surface area contributed by atoms with E-state index in [1.807, 2.05) is 0 Å². The first-order valence-corrected chi connectivity index (χ1v) is 6.91. The minimum absolute atomic E-state index is 0.302. The van der Waals surface area contributed by atoms with E-state index in [-0.39, 0.29) is 5.82 Å². The van der Waals surface area contributed by atoms with Gasteiger partial charge in [0.1, 0.15) is 17.2 Å². The highest BCUT2D eigenvalue weighted by atomic mass is 79.9. The lowest BCUT2D eigenvalue weighted by Gasteiger charge is -2.00. The van der Waals surface area contributed by atoms with E-state index in [0.29, 0.717) is 26.9 Å². The minimum atomic E-state index is -0.421. The number of carbonyl (C=O) groups is 1. The summed E-state index contributed by atoms with van der Waals surface area (Å²) in [5.41, 5.74) is 2.58. The van der Waals surface area contributed by atoms with E-state index in [9.17, 15) is 9.18 Å². The van der Waals surface area contributed by atoms with Crippen molar-refractivity contribution in [3.8, 4) is 11.4 Å². The topological polar surface area (TPSA) is 55.0 Å². The van der Waals surface area contributed by atoms with Gasteiger partial charge in [-0.2, -0.15) is 0 Å². The standard InChI is InChI=1S/C15H10BrFN2O2/c1-21-15(20)9-6-11(16)13-12(7-9)18-14(19-13)8-2-4-10(17)5-3-8/h2-7H,1H3,(H,18,19). The monoisotopic (exact) mass is 348 g/mol. The highest BCUT2D eigenvalue weighted by molar-refractivity contribution is 9.10. The number of esters is 1. The number of nitrogens with zero attached hydrogens (tertiary/aromatic N) is 1. The summed E-state index contributed by atoms with van der Waals surface area (Å²) in [5.74, 6) is -0.118. The Balaban J connectivity index is 2.13. The molecule has 0 bridgehead atoms. The third kappa shape index (κ3) is 2.54. The zero-order valence-electron chi connectivity index (χ0n) is 11.0. The molecule has 2 aromatic carbocycles. The summed E-state index contributed by atoms with van der Waals surface area (Å²) in [6.07, 6.45) is 0. The van der Waals surface area contributed by atoms with Gasteiger partial charge in [0, 0.05) is 10.0 Å². The molecule has 0 spiro atoms. The summed E-state index contributed by atoms with van der Waals surface area (Å²) in [6.45, 7) is 0. The average Bonchev–Trinajstić information content (AvgIpc) is 2.91. The Morgan fingerprint density at radius 2 is 2.00 bits per heavy atom. The molecule has 0 aliphatic heterocycles. The van der Waals surface area contributed by atoms with Crippen LogP contribution in [0.3, 0.4) is 0 Å². The van der Waals surface area contributed by atoms with Gasteiger partial charge in [-0.15, -0.1) is 0 Å². The molecule has 4 nitrogen and oxygen atoms in total. The van der Waals surface area contributed by atoms with Crippen LogP contribution in [0.25, 0.3) is 22.4 Å². The number of benzene rings is 2. The maximum absolute atomic E-state index is 13.0. The van der Waals surface area contributed by atoms with E-state index in [4.69, 9.17) is 4.74 Å². The SMILES string of the molecule is COC(=O)c1cc(Br)c2nc(-c3ccc(F)cc3)[nH]c2c1. The number of aromatic nitrogens is 2. The van der Waals surface area contributed by atoms with Gasteiger partial charge in [-0.3, -0.25) is 0 Å². The fourth-order valence-corrected chi connectivity index (χ4v) is 2.60. The third-order valence-corrected chi connectivity index (χ3v) is 3.68. The Labute approximate surface area is 128 Å². The van der Waals surface area contributed by atoms with Crippen LogP contribution in [-0.2, 0) is 4.74 Å². The number of H-pyrrole nitrogens is 1. The summed E-state index contributed by atoms with van der Waals surface area (Å²) >= 11 is 3.39. The molecule has 3 aromatic rings. The van der Waals surface area contributed by atoms with Gasteiger partial charge < -0.3 is 9.72 Å². The Hall–Kier alpha value is -2.21. The number of halogens is 2. The van der Waals surface area contributed by atoms with Crippen molar-refractivity contribution in [2.75, 3.05) is 7.11 Å². The predicted octanol–water partition coefficient (Wildman–Crippen LogP) is 3.92. The van der Waals surface area contributed by atoms with Crippen molar-refractivity contribution < 1.29 is 13.9 Å². The molecule has 1 aromatic heterocycles. The van der Waals surface area contributed by atoms with Gasteiger partial charge in [-0.05, 0) is 52.3 Å². The molecule has 21 heavy (non-hydrogen) atoms. The van der Waals surface area contributed by atoms with Crippen molar-refractivity contribution in [3.05, 3.63) is 52.3 Å². The van der Waals surface area contributed by atoms with E-state index < -0.39 is 5.97 Å². The van der Waals surface area contributed by atoms with Gasteiger partial charge in [0.25, 0.3) is 0 Å². The largest absolute Gasteiger partial charge is 0.465 e. The Morgan fingerprint density at radius 1 is 1.29 bits per heavy atom. The van der Waals surface area contributed by atoms with Crippen LogP contribution in [0.4, 0.5) is 4.39 Å². The Bertz CT molecular complexity index is 828. The normalized spacial score (nSPS) is 10.8. The number of methoxy groups -OCH3 is 1. The number of rotatable bonds is 2. The van der Waals surface area contributed by atoms with E-state index in [0.717, 1.165) is 5.56 Å². The van der Waals surface area contributed by atoms with E-state index in [1.54, 1.807) is 24.3 Å². The molecule has 0 aliphatic carbocycles. The van der Waals surface area contributed by atoms with Gasteiger partial charge in [0.15, 0.2) is 0 Å². The van der Waals surface area contributed by atoms with Crippen LogP contribution in [0.15, 0.2) is 40.9 Å². The molecule has 0 fully saturated rings. The maximum Gasteiger partial charge on any atom is 0.337 e. The Kier molecular flexibility index (Phi) is 3.47. The van der Waals surface area contributed by atoms with Crippen LogP contribution < -0.4 is 0 Å².